The fourth-order valence-electron chi connectivity index (χ4n) is 18.8. The van der Waals surface area contributed by atoms with Crippen LogP contribution < -0.4 is 60.9 Å². The lowest BCUT2D eigenvalue weighted by Crippen LogP contribution is -2.50. The Bertz CT molecular complexity index is 6630. The fourth-order valence-corrected chi connectivity index (χ4v) is 19.7. The maximum Gasteiger partial charge on any atom is 0.416 e. The van der Waals surface area contributed by atoms with Crippen LogP contribution in [0.5, 0.6) is 23.0 Å². The van der Waals surface area contributed by atoms with Gasteiger partial charge in [-0.1, -0.05) is 72.3 Å². The number of aromatic nitrogens is 10. The molecule has 1 aliphatic carbocycles. The number of alkyl halides is 3. The Labute approximate surface area is 867 Å². The summed E-state index contributed by atoms with van der Waals surface area (Å²) in [6.45, 7) is 21.2. The smallest absolute Gasteiger partial charge is 0.416 e. The van der Waals surface area contributed by atoms with E-state index in [-0.39, 0.29) is 73.0 Å². The Hall–Kier alpha value is -13.6. The van der Waals surface area contributed by atoms with E-state index in [9.17, 15) is 37.5 Å². The number of nitrogens with zero attached hydrogens (tertiary/aromatic N) is 18. The maximum absolute atomic E-state index is 14.1. The lowest BCUT2D eigenvalue weighted by atomic mass is 9.95. The molecule has 8 N–H and O–H groups in total. The van der Waals surface area contributed by atoms with E-state index in [4.69, 9.17) is 45.3 Å². The minimum atomic E-state index is -4.55. The van der Waals surface area contributed by atoms with Crippen LogP contribution in [0.3, 0.4) is 0 Å². The van der Waals surface area contributed by atoms with E-state index in [1.807, 2.05) is 154 Å². The Morgan fingerprint density at radius 3 is 2.14 bits per heavy atom. The number of rotatable bonds is 30. The van der Waals surface area contributed by atoms with Gasteiger partial charge in [0.15, 0.2) is 28.3 Å². The molecule has 12 aromatic rings. The largest absolute Gasteiger partial charge is 0.492 e. The number of benzene rings is 7. The van der Waals surface area contributed by atoms with Crippen molar-refractivity contribution in [1.29, 1.82) is 0 Å². The number of carbonyl (C=O) groups excluding carboxylic acids is 4. The van der Waals surface area contributed by atoms with Crippen LogP contribution in [0.2, 0.25) is 5.02 Å². The highest BCUT2D eigenvalue weighted by Crippen LogP contribution is 2.47. The van der Waals surface area contributed by atoms with Crippen molar-refractivity contribution in [3.8, 4) is 34.3 Å². The summed E-state index contributed by atoms with van der Waals surface area (Å²) < 4.78 is 71.7. The second kappa shape index (κ2) is 48.6. The number of ether oxygens (including phenoxy) is 5. The molecule has 148 heavy (non-hydrogen) atoms. The number of anilines is 7. The number of aliphatic hydroxyl groups excluding tert-OH is 1. The van der Waals surface area contributed by atoms with Gasteiger partial charge < -0.3 is 89.8 Å². The first-order valence-electron chi connectivity index (χ1n) is 50.2. The molecule has 776 valence electrons. The van der Waals surface area contributed by atoms with Gasteiger partial charge in [0, 0.05) is 236 Å². The minimum absolute atomic E-state index is 0.0111. The molecule has 3 amide bonds. The average molecular weight is 2060 g/mol. The van der Waals surface area contributed by atoms with E-state index in [1.54, 1.807) is 41.7 Å². The second-order valence-electron chi connectivity index (χ2n) is 38.8. The number of Topliss-reactive ketones (excluding diaryl/α,β-unsaturated/α-hetero) is 1. The van der Waals surface area contributed by atoms with Gasteiger partial charge in [-0.2, -0.15) is 18.3 Å². The van der Waals surface area contributed by atoms with Crippen molar-refractivity contribution < 1.29 is 61.1 Å². The number of fused-ring (bicyclic) bond motifs is 2. The van der Waals surface area contributed by atoms with Crippen LogP contribution >= 0.6 is 23.4 Å². The maximum atomic E-state index is 14.1. The molecule has 5 saturated heterocycles. The van der Waals surface area contributed by atoms with Gasteiger partial charge >= 0.3 is 6.18 Å². The topological polar surface area (TPSA) is 368 Å². The SMILES string of the molecule is CN1CCN(CCOc2cc(OC3CCOCC3)c3c(Nc4c(Cl)ccc5c4OCO5)ncnc3c2)CC1.CN1CCN(c2ccc(C(=O)NC3NNC4=C3CN(C(=O)[C@H](CO)c3ccccc3)C4)cc2)CC1.Cc1cc(Nc2cc(N3CCN(C)CC3)nc(Sc3ccc(NC(=O)C4CC4)cc3)n2)n[nH]1.Cc1ccc(CC(=O)c2ccc(CN3CCC(N(C)C)C3)c(C(F)(F)F)c2)cc1Cc1nccc(-c2cncnc2)n1. The number of aromatic amines is 1. The van der Waals surface area contributed by atoms with Crippen LogP contribution in [-0.4, -0.2) is 311 Å². The number of carbonyl (C=O) groups is 4. The standard InChI is InChI=1S/C32H33F3N6O.C27H32ClN5O5.C26H32N6O3.C23H28N8OS/c1-21-4-5-22(12-25(21)15-31-38-10-8-29(39-31)26-16-36-20-37-17-26)13-30(42)23-6-7-24(28(14-23)32(33,34)35)18-41-11-9-27(19-41)40(2)3;1-32-6-8-33(9-7-32)10-13-35-19-14-21-24(23(15-19)38-18-4-11-34-12-5-18)27(30-16-29-21)31-25-20(28)2-3-22-26(25)37-17-36-22;1-30-11-13-31(14-12-30)20-9-7-19(8-10-20)25(34)27-24-21-15-32(16-23(21)28-29-24)26(35)22(17-33)18-5-3-2-4-6-18;1-15-13-20(29-28-15)25-19-14-21(31-11-9-30(2)10-12-31)27-23(26-19)33-18-7-5-17(6-8-18)24-22(32)16-3-4-16/h4-8,10,12,14,16-17,20,27H,9,11,13,15,18-19H2,1-3H3;2-3,14-16,18H,4-13,17H2,1H3,(H,29,30,31);2-10,22,24,28-29,33H,11-17H2,1H3,(H,27,34);5-8,13-14,16H,3-4,9-12H2,1-2H3,(H,24,32)(H2,25,26,27,28,29)/t;;22-,24?;/m..1./s1. The van der Waals surface area contributed by atoms with E-state index >= 15 is 0 Å². The highest BCUT2D eigenvalue weighted by atomic mass is 35.5. The summed E-state index contributed by atoms with van der Waals surface area (Å²) >= 11 is 8.05. The van der Waals surface area contributed by atoms with Crippen LogP contribution in [0.4, 0.5) is 53.5 Å². The molecule has 1 saturated carbocycles. The van der Waals surface area contributed by atoms with E-state index in [0.717, 1.165) is 214 Å². The van der Waals surface area contributed by atoms with Crippen molar-refractivity contribution in [2.45, 2.75) is 106 Å². The zero-order chi connectivity index (χ0) is 103. The first-order valence-corrected chi connectivity index (χ1v) is 51.4. The van der Waals surface area contributed by atoms with Gasteiger partial charge in [0.1, 0.15) is 72.0 Å². The van der Waals surface area contributed by atoms with Gasteiger partial charge in [0.2, 0.25) is 18.6 Å². The first-order chi connectivity index (χ1) is 71.7. The molecular formula is C108H125ClF3N25O10S. The number of aryl methyl sites for hydroxylation is 2. The molecular weight excluding hydrogens is 1930 g/mol. The minimum Gasteiger partial charge on any atom is -0.492 e. The Morgan fingerprint density at radius 1 is 0.696 bits per heavy atom. The van der Waals surface area contributed by atoms with Gasteiger partial charge in [0.05, 0.1) is 65.2 Å². The number of amides is 3. The van der Waals surface area contributed by atoms with E-state index in [1.165, 1.54) is 36.5 Å². The lowest BCUT2D eigenvalue weighted by molar-refractivity contribution is -0.138. The summed E-state index contributed by atoms with van der Waals surface area (Å²) in [5.41, 5.74) is 17.3. The van der Waals surface area contributed by atoms with Gasteiger partial charge in [-0.25, -0.2) is 45.3 Å². The third kappa shape index (κ3) is 27.3. The highest BCUT2D eigenvalue weighted by Gasteiger charge is 2.40. The monoisotopic (exact) mass is 2060 g/mol. The van der Waals surface area contributed by atoms with E-state index in [2.05, 4.69) is 128 Å². The van der Waals surface area contributed by atoms with E-state index < -0.39 is 23.8 Å². The number of nitrogens with one attached hydrogen (secondary N) is 7. The summed E-state index contributed by atoms with van der Waals surface area (Å²) in [7, 11) is 10.4. The lowest BCUT2D eigenvalue weighted by Gasteiger charge is -2.34. The number of hydrogen-bond donors (Lipinski definition) is 8. The van der Waals surface area contributed by atoms with Crippen molar-refractivity contribution in [2.75, 3.05) is 205 Å². The summed E-state index contributed by atoms with van der Waals surface area (Å²) in [5.74, 6) is 5.10. The van der Waals surface area contributed by atoms with E-state index in [0.29, 0.717) is 118 Å². The van der Waals surface area contributed by atoms with Crippen molar-refractivity contribution in [3.63, 3.8) is 0 Å². The van der Waals surface area contributed by atoms with Crippen LogP contribution in [-0.2, 0) is 39.9 Å². The second-order valence-corrected chi connectivity index (χ2v) is 40.2. The summed E-state index contributed by atoms with van der Waals surface area (Å²) in [5, 5.41) is 31.7. The summed E-state index contributed by atoms with van der Waals surface area (Å²) in [6.07, 6.45) is 8.05. The van der Waals surface area contributed by atoms with Crippen LogP contribution in [0, 0.1) is 19.8 Å². The van der Waals surface area contributed by atoms with Gasteiger partial charge in [-0.3, -0.25) is 34.1 Å². The van der Waals surface area contributed by atoms with Crippen molar-refractivity contribution in [3.05, 3.63) is 261 Å². The molecule has 5 aromatic heterocycles. The number of hydrogen-bond acceptors (Lipinski definition) is 32. The molecule has 21 rings (SSSR count). The van der Waals surface area contributed by atoms with Crippen molar-refractivity contribution in [1.82, 2.24) is 101 Å². The Balaban J connectivity index is 0.000000130. The number of likely N-dealkylation sites (N-methyl/N-ethyl adjacent to an activating group) is 4. The zero-order valence-electron chi connectivity index (χ0n) is 84.1. The van der Waals surface area contributed by atoms with Crippen LogP contribution in [0.25, 0.3) is 22.2 Å². The third-order valence-electron chi connectivity index (χ3n) is 27.8. The molecule has 3 atom stereocenters. The number of H-pyrrole nitrogens is 1. The Morgan fingerprint density at radius 2 is 1.43 bits per heavy atom. The molecule has 35 nitrogen and oxygen atoms in total. The molecule has 13 heterocycles. The zero-order valence-corrected chi connectivity index (χ0v) is 85.7. The highest BCUT2D eigenvalue weighted by molar-refractivity contribution is 7.99. The predicted octanol–water partition coefficient (Wildman–Crippen LogP) is 13.3. The number of piperazine rings is 3. The number of halogens is 4. The predicted molar refractivity (Wildman–Crippen MR) is 562 cm³/mol. The Kier molecular flexibility index (Phi) is 34.3. The fraction of sp³-hybridized carbons (Fsp3) is 0.398. The number of hydrazine groups is 1. The quantitative estimate of drug-likeness (QED) is 0.0153. The number of likely N-dealkylation sites (tertiary alicyclic amines) is 1. The molecule has 6 fully saturated rings. The summed E-state index contributed by atoms with van der Waals surface area (Å²) in [6, 6.07) is 48.0. The van der Waals surface area contributed by atoms with Gasteiger partial charge in [0.25, 0.3) is 5.91 Å². The van der Waals surface area contributed by atoms with Gasteiger partial charge in [-0.15, -0.1) is 0 Å². The molecule has 0 bridgehead atoms. The molecule has 9 aliphatic rings. The molecule has 0 spiro atoms. The average Bonchev–Trinajstić information content (AvgIpc) is 1.67. The summed E-state index contributed by atoms with van der Waals surface area (Å²) in [4.78, 5) is 108. The number of ketones is 1. The molecule has 0 radical (unpaired) electrons. The normalized spacial score (nSPS) is 17.9. The van der Waals surface area contributed by atoms with Crippen LogP contribution in [0.1, 0.15) is 104 Å². The van der Waals surface area contributed by atoms with Crippen molar-refractivity contribution in [2.24, 2.45) is 5.92 Å². The molecule has 7 aromatic carbocycles. The third-order valence-corrected chi connectivity index (χ3v) is 29.0. The van der Waals surface area contributed by atoms with Gasteiger partial charge in [-0.05, 0) is 181 Å². The van der Waals surface area contributed by atoms with Crippen LogP contribution in [0.15, 0.2) is 210 Å². The molecule has 40 heteroatoms. The first kappa shape index (κ1) is 104. The molecule has 8 aliphatic heterocycles. The van der Waals surface area contributed by atoms with Crippen molar-refractivity contribution >= 4 is 98.1 Å². The molecule has 2 unspecified atom stereocenters. The number of aliphatic hydroxyl groups is 1.